The maximum atomic E-state index is 14.0. The van der Waals surface area contributed by atoms with E-state index in [9.17, 15) is 23.1 Å². The summed E-state index contributed by atoms with van der Waals surface area (Å²) in [6.45, 7) is 3.00. The molecule has 11 nitrogen and oxygen atoms in total. The molecule has 0 bridgehead atoms. The predicted molar refractivity (Wildman–Crippen MR) is 182 cm³/mol. The first kappa shape index (κ1) is 35.6. The van der Waals surface area contributed by atoms with E-state index in [0.29, 0.717) is 48.7 Å². The van der Waals surface area contributed by atoms with Crippen LogP contribution in [-0.2, 0) is 26.0 Å². The zero-order chi connectivity index (χ0) is 33.8. The van der Waals surface area contributed by atoms with Crippen molar-refractivity contribution in [3.05, 3.63) is 83.9 Å². The van der Waals surface area contributed by atoms with Crippen LogP contribution >= 0.6 is 0 Å². The second kappa shape index (κ2) is 17.1. The molecule has 1 aliphatic rings. The number of carbonyl (C=O) groups is 2. The summed E-state index contributed by atoms with van der Waals surface area (Å²) in [6.07, 6.45) is 3.82. The molecule has 0 saturated carbocycles. The molecule has 1 fully saturated rings. The van der Waals surface area contributed by atoms with E-state index in [0.717, 1.165) is 37.0 Å². The molecule has 1 atom stereocenters. The fourth-order valence-corrected chi connectivity index (χ4v) is 7.02. The molecule has 3 aromatic carbocycles. The number of ether oxygens (including phenoxy) is 1. The lowest BCUT2D eigenvalue weighted by atomic mass is 9.91. The van der Waals surface area contributed by atoms with Gasteiger partial charge in [0.05, 0.1) is 11.5 Å². The monoisotopic (exact) mass is 663 g/mol. The van der Waals surface area contributed by atoms with E-state index in [4.69, 9.17) is 10.5 Å². The fourth-order valence-electron chi connectivity index (χ4n) is 5.79. The van der Waals surface area contributed by atoms with E-state index in [1.807, 2.05) is 37.3 Å². The van der Waals surface area contributed by atoms with E-state index < -0.39 is 22.8 Å². The van der Waals surface area contributed by atoms with Crippen LogP contribution in [0.3, 0.4) is 0 Å². The highest BCUT2D eigenvalue weighted by Gasteiger charge is 2.32. The number of piperidine rings is 1. The first-order chi connectivity index (χ1) is 22.6. The van der Waals surface area contributed by atoms with Crippen LogP contribution in [0.1, 0.15) is 50.2 Å². The molecule has 1 aliphatic heterocycles. The van der Waals surface area contributed by atoms with Crippen LogP contribution in [0, 0.1) is 5.92 Å². The lowest BCUT2D eigenvalue weighted by Crippen LogP contribution is -2.51. The maximum absolute atomic E-state index is 14.0. The van der Waals surface area contributed by atoms with Gasteiger partial charge in [0.15, 0.2) is 0 Å². The summed E-state index contributed by atoms with van der Waals surface area (Å²) in [5.74, 6) is 0.982. The quantitative estimate of drug-likeness (QED) is 0.143. The number of nitrogens with zero attached hydrogens (tertiary/aromatic N) is 2. The second-order valence-corrected chi connectivity index (χ2v) is 13.3. The number of amides is 2. The topological polar surface area (TPSA) is 163 Å². The van der Waals surface area contributed by atoms with E-state index >= 15 is 0 Å². The molecule has 252 valence electrons. The molecular weight excluding hydrogens is 618 g/mol. The summed E-state index contributed by atoms with van der Waals surface area (Å²) in [5, 5.41) is 11.8. The van der Waals surface area contributed by atoms with Crippen LogP contribution in [0.2, 0.25) is 0 Å². The lowest BCUT2D eigenvalue weighted by molar-refractivity contribution is -0.134. The first-order valence-corrected chi connectivity index (χ1v) is 17.5. The second-order valence-electron chi connectivity index (χ2n) is 11.6. The Labute approximate surface area is 277 Å². The number of aliphatic imine (C=N–C) groups is 1. The Morgan fingerprint density at radius 3 is 2.45 bits per heavy atom. The Morgan fingerprint density at radius 2 is 1.77 bits per heavy atom. The van der Waals surface area contributed by atoms with Crippen molar-refractivity contribution < 1.29 is 27.9 Å². The average Bonchev–Trinajstić information content (AvgIpc) is 3.08. The van der Waals surface area contributed by atoms with Crippen molar-refractivity contribution in [2.75, 3.05) is 33.5 Å². The van der Waals surface area contributed by atoms with Gasteiger partial charge in [0.1, 0.15) is 24.4 Å². The van der Waals surface area contributed by atoms with Crippen LogP contribution in [0.15, 0.2) is 82.7 Å². The van der Waals surface area contributed by atoms with E-state index in [2.05, 4.69) is 15.0 Å². The number of aliphatic hydroxyl groups is 1. The number of amidine groups is 1. The lowest BCUT2D eigenvalue weighted by Gasteiger charge is -2.34. The number of benzene rings is 3. The minimum absolute atomic E-state index is 0.0196. The van der Waals surface area contributed by atoms with Crippen LogP contribution < -0.4 is 20.5 Å². The number of rotatable bonds is 15. The van der Waals surface area contributed by atoms with Crippen LogP contribution in [0.4, 0.5) is 0 Å². The van der Waals surface area contributed by atoms with Crippen LogP contribution in [-0.4, -0.2) is 75.6 Å². The van der Waals surface area contributed by atoms with Crippen molar-refractivity contribution in [2.45, 2.75) is 56.4 Å². The standard InChI is InChI=1S/C35H45N5O6S/c1-3-46-30-15-13-27(14-16-30)28-9-6-11-31(23-28)47(44,45)39-32(22-26-8-4-10-29(21-26)34(36)38-24-41)35(43)40-19-17-25(18-20-40)7-5-12-33(42)37-2/h4,6,8-11,13-16,21,23,25,32,39,41H,3,5,7,12,17-20,22,24H2,1-2H3,(H2,36,38)(H,37,42)/t32-/m1/s1. The predicted octanol–water partition coefficient (Wildman–Crippen LogP) is 3.45. The van der Waals surface area contributed by atoms with Gasteiger partial charge in [-0.25, -0.2) is 13.4 Å². The first-order valence-electron chi connectivity index (χ1n) is 16.0. The minimum Gasteiger partial charge on any atom is -0.494 e. The van der Waals surface area contributed by atoms with Gasteiger partial charge in [-0.1, -0.05) is 42.5 Å². The van der Waals surface area contributed by atoms with Gasteiger partial charge in [-0.2, -0.15) is 4.72 Å². The van der Waals surface area contributed by atoms with Crippen molar-refractivity contribution >= 4 is 27.7 Å². The number of sulfonamides is 1. The Kier molecular flexibility index (Phi) is 12.9. The third-order valence-corrected chi connectivity index (χ3v) is 9.83. The molecule has 1 heterocycles. The van der Waals surface area contributed by atoms with Crippen molar-refractivity contribution in [3.63, 3.8) is 0 Å². The largest absolute Gasteiger partial charge is 0.494 e. The molecule has 5 N–H and O–H groups in total. The number of carbonyl (C=O) groups excluding carboxylic acids is 2. The average molecular weight is 664 g/mol. The molecular formula is C35H45N5O6S. The maximum Gasteiger partial charge on any atom is 0.241 e. The molecule has 12 heteroatoms. The van der Waals surface area contributed by atoms with Gasteiger partial charge in [0.2, 0.25) is 21.8 Å². The van der Waals surface area contributed by atoms with Gasteiger partial charge in [-0.05, 0) is 92.0 Å². The third-order valence-electron chi connectivity index (χ3n) is 8.36. The van der Waals surface area contributed by atoms with E-state index in [-0.39, 0.29) is 29.0 Å². The summed E-state index contributed by atoms with van der Waals surface area (Å²) in [4.78, 5) is 31.2. The van der Waals surface area contributed by atoms with Gasteiger partial charge >= 0.3 is 0 Å². The SMILES string of the molecule is CCOc1ccc(-c2cccc(S(=O)(=O)N[C@H](Cc3cccc(C(N)=NCO)c3)C(=O)N3CCC(CCCC(=O)NC)CC3)c2)cc1. The number of nitrogens with two attached hydrogens (primary N) is 1. The highest BCUT2D eigenvalue weighted by atomic mass is 32.2. The van der Waals surface area contributed by atoms with Gasteiger partial charge in [-0.15, -0.1) is 0 Å². The van der Waals surface area contributed by atoms with E-state index in [1.165, 1.54) is 6.07 Å². The molecule has 0 unspecified atom stereocenters. The van der Waals surface area contributed by atoms with Crippen LogP contribution in [0.5, 0.6) is 5.75 Å². The minimum atomic E-state index is -4.12. The van der Waals surface area contributed by atoms with Crippen molar-refractivity contribution in [1.29, 1.82) is 0 Å². The molecule has 1 saturated heterocycles. The van der Waals surface area contributed by atoms with Crippen molar-refractivity contribution in [2.24, 2.45) is 16.6 Å². The highest BCUT2D eigenvalue weighted by molar-refractivity contribution is 7.89. The number of nitrogens with one attached hydrogen (secondary N) is 2. The molecule has 0 radical (unpaired) electrons. The highest BCUT2D eigenvalue weighted by Crippen LogP contribution is 2.26. The van der Waals surface area contributed by atoms with Crippen LogP contribution in [0.25, 0.3) is 11.1 Å². The van der Waals surface area contributed by atoms with Gasteiger partial charge in [-0.3, -0.25) is 9.59 Å². The molecule has 0 aromatic heterocycles. The molecule has 47 heavy (non-hydrogen) atoms. The summed E-state index contributed by atoms with van der Waals surface area (Å²) in [6, 6.07) is 20.0. The Balaban J connectivity index is 1.55. The number of likely N-dealkylation sites (tertiary alicyclic amines) is 1. The Hall–Kier alpha value is -4.26. The zero-order valence-electron chi connectivity index (χ0n) is 27.0. The molecule has 0 spiro atoms. The molecule has 3 aromatic rings. The van der Waals surface area contributed by atoms with Gasteiger partial charge < -0.3 is 25.8 Å². The van der Waals surface area contributed by atoms with E-state index in [1.54, 1.807) is 48.3 Å². The van der Waals surface area contributed by atoms with Gasteiger partial charge in [0, 0.05) is 32.1 Å². The number of aliphatic hydroxyl groups excluding tert-OH is 1. The van der Waals surface area contributed by atoms with Gasteiger partial charge in [0.25, 0.3) is 0 Å². The summed E-state index contributed by atoms with van der Waals surface area (Å²) < 4.78 is 35.9. The number of hydrogen-bond acceptors (Lipinski definition) is 7. The van der Waals surface area contributed by atoms with Crippen molar-refractivity contribution in [3.8, 4) is 16.9 Å². The van der Waals surface area contributed by atoms with Crippen molar-refractivity contribution in [1.82, 2.24) is 14.9 Å². The molecule has 4 rings (SSSR count). The summed E-state index contributed by atoms with van der Waals surface area (Å²) >= 11 is 0. The fraction of sp³-hybridized carbons (Fsp3) is 0.400. The Bertz CT molecular complexity index is 1640. The Morgan fingerprint density at radius 1 is 1.04 bits per heavy atom. The smallest absolute Gasteiger partial charge is 0.241 e. The number of hydrogen-bond donors (Lipinski definition) is 4. The molecule has 2 amide bonds. The third kappa shape index (κ3) is 10.1. The summed E-state index contributed by atoms with van der Waals surface area (Å²) in [7, 11) is -2.49. The molecule has 0 aliphatic carbocycles. The zero-order valence-corrected chi connectivity index (χ0v) is 27.8. The summed E-state index contributed by atoms with van der Waals surface area (Å²) in [5.41, 5.74) is 8.78. The normalized spacial score (nSPS) is 14.9.